The number of rotatable bonds is 4. The molecule has 110 valence electrons. The molecule has 0 aliphatic heterocycles. The van der Waals surface area contributed by atoms with Crippen molar-refractivity contribution in [2.45, 2.75) is 11.8 Å². The van der Waals surface area contributed by atoms with Gasteiger partial charge in [0.2, 0.25) is 0 Å². The molecule has 21 heavy (non-hydrogen) atoms. The molecule has 0 saturated heterocycles. The maximum absolute atomic E-state index is 13.1. The molecule has 2 rings (SSSR count). The summed E-state index contributed by atoms with van der Waals surface area (Å²) in [4.78, 5) is -0.0203. The molecule has 7 heteroatoms. The van der Waals surface area contributed by atoms with E-state index in [1.807, 2.05) is 0 Å². The highest BCUT2D eigenvalue weighted by Crippen LogP contribution is 2.22. The Morgan fingerprint density at radius 1 is 1.24 bits per heavy atom. The number of aryl methyl sites for hydroxylation is 1. The number of thiocarbonyl (C=S) groups is 1. The maximum atomic E-state index is 13.1. The molecule has 0 atom stereocenters. The van der Waals surface area contributed by atoms with Gasteiger partial charge >= 0.3 is 0 Å². The first-order valence-corrected chi connectivity index (χ1v) is 7.88. The van der Waals surface area contributed by atoms with Crippen LogP contribution in [0.4, 0.5) is 10.1 Å². The normalized spacial score (nSPS) is 11.1. The zero-order valence-electron chi connectivity index (χ0n) is 11.1. The van der Waals surface area contributed by atoms with E-state index in [4.69, 9.17) is 18.0 Å². The van der Waals surface area contributed by atoms with Gasteiger partial charge in [0, 0.05) is 5.56 Å². The summed E-state index contributed by atoms with van der Waals surface area (Å²) >= 11 is 4.86. The third-order valence-electron chi connectivity index (χ3n) is 2.87. The molecule has 0 fully saturated rings. The fourth-order valence-corrected chi connectivity index (χ4v) is 3.44. The summed E-state index contributed by atoms with van der Waals surface area (Å²) in [5.41, 5.74) is 6.59. The van der Waals surface area contributed by atoms with Gasteiger partial charge in [0.1, 0.15) is 10.8 Å². The van der Waals surface area contributed by atoms with Crippen LogP contribution in [0.15, 0.2) is 47.4 Å². The molecule has 3 N–H and O–H groups in total. The van der Waals surface area contributed by atoms with Gasteiger partial charge in [-0.1, -0.05) is 30.4 Å². The first kappa shape index (κ1) is 15.4. The van der Waals surface area contributed by atoms with Gasteiger partial charge in [0.05, 0.1) is 10.6 Å². The number of hydrogen-bond acceptors (Lipinski definition) is 3. The minimum Gasteiger partial charge on any atom is -0.389 e. The first-order valence-electron chi connectivity index (χ1n) is 5.99. The van der Waals surface area contributed by atoms with Gasteiger partial charge < -0.3 is 5.73 Å². The molecule has 0 spiro atoms. The summed E-state index contributed by atoms with van der Waals surface area (Å²) in [5, 5.41) is 0. The summed E-state index contributed by atoms with van der Waals surface area (Å²) in [6, 6.07) is 9.97. The Morgan fingerprint density at radius 2 is 1.90 bits per heavy atom. The zero-order chi connectivity index (χ0) is 15.6. The molecular weight excluding hydrogens is 311 g/mol. The Kier molecular flexibility index (Phi) is 4.24. The Labute approximate surface area is 127 Å². The van der Waals surface area contributed by atoms with Crippen LogP contribution >= 0.6 is 12.2 Å². The second kappa shape index (κ2) is 5.79. The molecule has 4 nitrogen and oxygen atoms in total. The van der Waals surface area contributed by atoms with Crippen molar-refractivity contribution < 1.29 is 12.8 Å². The zero-order valence-corrected chi connectivity index (χ0v) is 12.8. The van der Waals surface area contributed by atoms with E-state index in [0.717, 1.165) is 0 Å². The summed E-state index contributed by atoms with van der Waals surface area (Å²) in [5.74, 6) is -0.431. The fourth-order valence-electron chi connectivity index (χ4n) is 1.85. The van der Waals surface area contributed by atoms with E-state index in [1.54, 1.807) is 19.1 Å². The van der Waals surface area contributed by atoms with Crippen LogP contribution < -0.4 is 10.5 Å². The summed E-state index contributed by atoms with van der Waals surface area (Å²) < 4.78 is 40.4. The molecule has 0 amide bonds. The lowest BCUT2D eigenvalue weighted by Gasteiger charge is -2.13. The van der Waals surface area contributed by atoms with E-state index in [1.165, 1.54) is 30.3 Å². The van der Waals surface area contributed by atoms with E-state index < -0.39 is 15.8 Å². The van der Waals surface area contributed by atoms with E-state index >= 15 is 0 Å². The Bertz CT molecular complexity index is 804. The smallest absolute Gasteiger partial charge is 0.262 e. The standard InChI is InChI=1S/C14H13FN2O2S2/c1-9-8-10(15)6-7-12(9)17-21(18,19)13-5-3-2-4-11(13)14(16)20/h2-8,17H,1H3,(H2,16,20). The predicted octanol–water partition coefficient (Wildman–Crippen LogP) is 2.57. The van der Waals surface area contributed by atoms with Crippen LogP contribution in [0.5, 0.6) is 0 Å². The quantitative estimate of drug-likeness (QED) is 0.848. The van der Waals surface area contributed by atoms with E-state index in [-0.39, 0.29) is 15.4 Å². The van der Waals surface area contributed by atoms with Gasteiger partial charge in [-0.3, -0.25) is 4.72 Å². The molecule has 0 saturated carbocycles. The topological polar surface area (TPSA) is 72.2 Å². The van der Waals surface area contributed by atoms with Crippen LogP contribution in [-0.4, -0.2) is 13.4 Å². The minimum absolute atomic E-state index is 0.00759. The van der Waals surface area contributed by atoms with Crippen molar-refractivity contribution in [3.05, 3.63) is 59.4 Å². The second-order valence-corrected chi connectivity index (χ2v) is 6.52. The Balaban J connectivity index is 2.46. The van der Waals surface area contributed by atoms with Crippen molar-refractivity contribution in [3.63, 3.8) is 0 Å². The minimum atomic E-state index is -3.86. The third kappa shape index (κ3) is 3.37. The highest BCUT2D eigenvalue weighted by Gasteiger charge is 2.20. The van der Waals surface area contributed by atoms with Crippen molar-refractivity contribution in [1.29, 1.82) is 0 Å². The second-order valence-electron chi connectivity index (χ2n) is 4.43. The summed E-state index contributed by atoms with van der Waals surface area (Å²) in [7, 11) is -3.86. The molecular formula is C14H13FN2O2S2. The first-order chi connectivity index (χ1) is 9.81. The van der Waals surface area contributed by atoms with Crippen molar-refractivity contribution in [1.82, 2.24) is 0 Å². The van der Waals surface area contributed by atoms with Crippen LogP contribution in [0.2, 0.25) is 0 Å². The van der Waals surface area contributed by atoms with Gasteiger partial charge in [-0.05, 0) is 36.8 Å². The maximum Gasteiger partial charge on any atom is 0.262 e. The van der Waals surface area contributed by atoms with E-state index in [9.17, 15) is 12.8 Å². The van der Waals surface area contributed by atoms with Crippen molar-refractivity contribution in [2.24, 2.45) is 5.73 Å². The largest absolute Gasteiger partial charge is 0.389 e. The highest BCUT2D eigenvalue weighted by molar-refractivity contribution is 7.93. The van der Waals surface area contributed by atoms with Crippen molar-refractivity contribution in [3.8, 4) is 0 Å². The van der Waals surface area contributed by atoms with Crippen molar-refractivity contribution >= 4 is 32.9 Å². The van der Waals surface area contributed by atoms with E-state index in [0.29, 0.717) is 11.3 Å². The molecule has 0 aliphatic rings. The number of nitrogens with two attached hydrogens (primary N) is 1. The van der Waals surface area contributed by atoms with Gasteiger partial charge in [0.25, 0.3) is 10.0 Å². The molecule has 0 bridgehead atoms. The number of hydrogen-bond donors (Lipinski definition) is 2. The molecule has 2 aromatic carbocycles. The average molecular weight is 324 g/mol. The lowest BCUT2D eigenvalue weighted by atomic mass is 10.2. The molecule has 0 unspecified atom stereocenters. The molecule has 2 aromatic rings. The van der Waals surface area contributed by atoms with Crippen LogP contribution in [-0.2, 0) is 10.0 Å². The van der Waals surface area contributed by atoms with Gasteiger partial charge in [-0.2, -0.15) is 0 Å². The predicted molar refractivity (Wildman–Crippen MR) is 84.3 cm³/mol. The number of halogens is 1. The van der Waals surface area contributed by atoms with Crippen LogP contribution in [0, 0.1) is 12.7 Å². The number of anilines is 1. The monoisotopic (exact) mass is 324 g/mol. The molecule has 0 aromatic heterocycles. The Morgan fingerprint density at radius 3 is 2.52 bits per heavy atom. The SMILES string of the molecule is Cc1cc(F)ccc1NS(=O)(=O)c1ccccc1C(N)=S. The lowest BCUT2D eigenvalue weighted by Crippen LogP contribution is -2.20. The summed E-state index contributed by atoms with van der Waals surface area (Å²) in [6.45, 7) is 1.61. The number of benzene rings is 2. The molecule has 0 radical (unpaired) electrons. The Hall–Kier alpha value is -1.99. The van der Waals surface area contributed by atoms with Crippen molar-refractivity contribution in [2.75, 3.05) is 4.72 Å². The van der Waals surface area contributed by atoms with Gasteiger partial charge in [-0.15, -0.1) is 0 Å². The molecule has 0 heterocycles. The van der Waals surface area contributed by atoms with Crippen LogP contribution in [0.1, 0.15) is 11.1 Å². The lowest BCUT2D eigenvalue weighted by molar-refractivity contribution is 0.600. The fraction of sp³-hybridized carbons (Fsp3) is 0.0714. The summed E-state index contributed by atoms with van der Waals surface area (Å²) in [6.07, 6.45) is 0. The van der Waals surface area contributed by atoms with Gasteiger partial charge in [0.15, 0.2) is 0 Å². The van der Waals surface area contributed by atoms with Crippen LogP contribution in [0.25, 0.3) is 0 Å². The van der Waals surface area contributed by atoms with E-state index in [2.05, 4.69) is 4.72 Å². The number of sulfonamides is 1. The van der Waals surface area contributed by atoms with Crippen LogP contribution in [0.3, 0.4) is 0 Å². The van der Waals surface area contributed by atoms with Gasteiger partial charge in [-0.25, -0.2) is 12.8 Å². The highest BCUT2D eigenvalue weighted by atomic mass is 32.2. The average Bonchev–Trinajstić information content (AvgIpc) is 2.42. The third-order valence-corrected chi connectivity index (χ3v) is 4.52. The molecule has 0 aliphatic carbocycles. The number of nitrogens with one attached hydrogen (secondary N) is 1.